The standard InChI is InChI=1S/C19H22FNO2/c1-14-11-16(7-9-18(14)20)13-21-17(8-10-19(22)23)12-15-5-3-2-4-6-15/h2-7,9,11,17,21H,8,10,12-13H2,1H3,(H,22,23). The van der Waals surface area contributed by atoms with Gasteiger partial charge in [-0.1, -0.05) is 42.5 Å². The smallest absolute Gasteiger partial charge is 0.303 e. The molecule has 4 heteroatoms. The second-order valence-corrected chi connectivity index (χ2v) is 5.78. The van der Waals surface area contributed by atoms with Gasteiger partial charge in [-0.15, -0.1) is 0 Å². The average molecular weight is 315 g/mol. The maximum absolute atomic E-state index is 13.3. The zero-order chi connectivity index (χ0) is 16.7. The topological polar surface area (TPSA) is 49.3 Å². The summed E-state index contributed by atoms with van der Waals surface area (Å²) in [4.78, 5) is 10.8. The molecule has 0 radical (unpaired) electrons. The Labute approximate surface area is 136 Å². The van der Waals surface area contributed by atoms with Crippen LogP contribution in [-0.4, -0.2) is 17.1 Å². The third-order valence-electron chi connectivity index (χ3n) is 3.85. The van der Waals surface area contributed by atoms with Crippen LogP contribution in [-0.2, 0) is 17.8 Å². The first-order chi connectivity index (χ1) is 11.0. The molecule has 1 unspecified atom stereocenters. The first kappa shape index (κ1) is 17.2. The zero-order valence-corrected chi connectivity index (χ0v) is 13.3. The van der Waals surface area contributed by atoms with Crippen LogP contribution in [0.4, 0.5) is 4.39 Å². The summed E-state index contributed by atoms with van der Waals surface area (Å²) in [6.07, 6.45) is 1.46. The number of benzene rings is 2. The Hall–Kier alpha value is -2.20. The monoisotopic (exact) mass is 315 g/mol. The molecule has 0 spiro atoms. The van der Waals surface area contributed by atoms with Crippen molar-refractivity contribution in [2.24, 2.45) is 0 Å². The lowest BCUT2D eigenvalue weighted by atomic mass is 10.0. The summed E-state index contributed by atoms with van der Waals surface area (Å²) in [5.74, 6) is -0.997. The van der Waals surface area contributed by atoms with Gasteiger partial charge in [0.2, 0.25) is 0 Å². The molecule has 122 valence electrons. The highest BCUT2D eigenvalue weighted by Gasteiger charge is 2.12. The third kappa shape index (κ3) is 5.83. The molecule has 0 saturated heterocycles. The molecular formula is C19H22FNO2. The van der Waals surface area contributed by atoms with E-state index in [0.29, 0.717) is 18.5 Å². The largest absolute Gasteiger partial charge is 0.481 e. The van der Waals surface area contributed by atoms with E-state index in [0.717, 1.165) is 12.0 Å². The van der Waals surface area contributed by atoms with Crippen molar-refractivity contribution in [3.8, 4) is 0 Å². The maximum atomic E-state index is 13.3. The second kappa shape index (κ2) is 8.44. The van der Waals surface area contributed by atoms with Gasteiger partial charge in [0.1, 0.15) is 5.82 Å². The van der Waals surface area contributed by atoms with Crippen molar-refractivity contribution in [2.45, 2.75) is 38.8 Å². The Bertz CT molecular complexity index is 643. The average Bonchev–Trinajstić information content (AvgIpc) is 2.54. The predicted octanol–water partition coefficient (Wildman–Crippen LogP) is 3.70. The quantitative estimate of drug-likeness (QED) is 0.781. The number of hydrogen-bond acceptors (Lipinski definition) is 2. The van der Waals surface area contributed by atoms with E-state index in [1.807, 2.05) is 36.4 Å². The fraction of sp³-hybridized carbons (Fsp3) is 0.316. The molecule has 0 aromatic heterocycles. The van der Waals surface area contributed by atoms with Crippen molar-refractivity contribution >= 4 is 5.97 Å². The van der Waals surface area contributed by atoms with Gasteiger partial charge in [0.05, 0.1) is 0 Å². The summed E-state index contributed by atoms with van der Waals surface area (Å²) < 4.78 is 13.3. The molecule has 23 heavy (non-hydrogen) atoms. The number of carboxylic acids is 1. The van der Waals surface area contributed by atoms with Gasteiger partial charge < -0.3 is 10.4 Å². The first-order valence-electron chi connectivity index (χ1n) is 7.78. The number of aliphatic carboxylic acids is 1. The van der Waals surface area contributed by atoms with E-state index in [4.69, 9.17) is 5.11 Å². The molecule has 0 aliphatic rings. The number of nitrogens with one attached hydrogen (secondary N) is 1. The van der Waals surface area contributed by atoms with E-state index in [-0.39, 0.29) is 18.3 Å². The van der Waals surface area contributed by atoms with E-state index in [1.54, 1.807) is 13.0 Å². The molecule has 3 nitrogen and oxygen atoms in total. The van der Waals surface area contributed by atoms with Gasteiger partial charge >= 0.3 is 5.97 Å². The van der Waals surface area contributed by atoms with Crippen LogP contribution in [0.1, 0.15) is 29.5 Å². The van der Waals surface area contributed by atoms with E-state index >= 15 is 0 Å². The molecular weight excluding hydrogens is 293 g/mol. The first-order valence-corrected chi connectivity index (χ1v) is 7.78. The summed E-state index contributed by atoms with van der Waals surface area (Å²) >= 11 is 0. The summed E-state index contributed by atoms with van der Waals surface area (Å²) in [5.41, 5.74) is 2.79. The van der Waals surface area contributed by atoms with Crippen LogP contribution in [0, 0.1) is 12.7 Å². The minimum atomic E-state index is -0.789. The number of carboxylic acid groups (broad SMARTS) is 1. The molecule has 2 N–H and O–H groups in total. The van der Waals surface area contributed by atoms with Gasteiger partial charge in [0, 0.05) is 19.0 Å². The van der Waals surface area contributed by atoms with Crippen LogP contribution in [0.15, 0.2) is 48.5 Å². The van der Waals surface area contributed by atoms with Crippen molar-refractivity contribution in [2.75, 3.05) is 0 Å². The lowest BCUT2D eigenvalue weighted by Crippen LogP contribution is -2.31. The molecule has 0 fully saturated rings. The minimum Gasteiger partial charge on any atom is -0.481 e. The summed E-state index contributed by atoms with van der Waals surface area (Å²) in [6, 6.07) is 15.1. The van der Waals surface area contributed by atoms with Crippen molar-refractivity contribution in [1.82, 2.24) is 5.32 Å². The van der Waals surface area contributed by atoms with Crippen molar-refractivity contribution in [3.63, 3.8) is 0 Å². The van der Waals surface area contributed by atoms with Crippen LogP contribution in [0.5, 0.6) is 0 Å². The number of aryl methyl sites for hydroxylation is 1. The number of carbonyl (C=O) groups is 1. The normalized spacial score (nSPS) is 12.1. The van der Waals surface area contributed by atoms with Gasteiger partial charge in [0.15, 0.2) is 0 Å². The van der Waals surface area contributed by atoms with Crippen LogP contribution < -0.4 is 5.32 Å². The molecule has 2 rings (SSSR count). The second-order valence-electron chi connectivity index (χ2n) is 5.78. The van der Waals surface area contributed by atoms with Gasteiger partial charge in [-0.3, -0.25) is 4.79 Å². The molecule has 0 aliphatic carbocycles. The summed E-state index contributed by atoms with van der Waals surface area (Å²) in [7, 11) is 0. The molecule has 0 aliphatic heterocycles. The van der Waals surface area contributed by atoms with E-state index < -0.39 is 5.97 Å². The molecule has 0 bridgehead atoms. The lowest BCUT2D eigenvalue weighted by Gasteiger charge is -2.18. The van der Waals surface area contributed by atoms with Crippen LogP contribution in [0.3, 0.4) is 0 Å². The van der Waals surface area contributed by atoms with Crippen LogP contribution in [0.2, 0.25) is 0 Å². The molecule has 1 atom stereocenters. The highest BCUT2D eigenvalue weighted by molar-refractivity contribution is 5.66. The SMILES string of the molecule is Cc1cc(CNC(CCC(=O)O)Cc2ccccc2)ccc1F. The van der Waals surface area contributed by atoms with E-state index in [1.165, 1.54) is 11.6 Å². The van der Waals surface area contributed by atoms with Gasteiger partial charge in [-0.05, 0) is 42.5 Å². The Morgan fingerprint density at radius 3 is 2.57 bits per heavy atom. The van der Waals surface area contributed by atoms with Crippen LogP contribution >= 0.6 is 0 Å². The van der Waals surface area contributed by atoms with Crippen LogP contribution in [0.25, 0.3) is 0 Å². The number of hydrogen-bond donors (Lipinski definition) is 2. The Morgan fingerprint density at radius 1 is 1.17 bits per heavy atom. The molecule has 0 saturated carbocycles. The van der Waals surface area contributed by atoms with E-state index in [9.17, 15) is 9.18 Å². The Morgan fingerprint density at radius 2 is 1.91 bits per heavy atom. The Kier molecular flexibility index (Phi) is 6.29. The van der Waals surface area contributed by atoms with Crippen molar-refractivity contribution in [3.05, 3.63) is 71.0 Å². The molecule has 0 amide bonds. The third-order valence-corrected chi connectivity index (χ3v) is 3.85. The maximum Gasteiger partial charge on any atom is 0.303 e. The predicted molar refractivity (Wildman–Crippen MR) is 88.8 cm³/mol. The summed E-state index contributed by atoms with van der Waals surface area (Å²) in [6.45, 7) is 2.34. The highest BCUT2D eigenvalue weighted by atomic mass is 19.1. The number of halogens is 1. The summed E-state index contributed by atoms with van der Waals surface area (Å²) in [5, 5.41) is 12.3. The lowest BCUT2D eigenvalue weighted by molar-refractivity contribution is -0.137. The molecule has 0 heterocycles. The van der Waals surface area contributed by atoms with Gasteiger partial charge in [-0.2, -0.15) is 0 Å². The highest BCUT2D eigenvalue weighted by Crippen LogP contribution is 2.12. The molecule has 2 aromatic rings. The van der Waals surface area contributed by atoms with Gasteiger partial charge in [0.25, 0.3) is 0 Å². The van der Waals surface area contributed by atoms with Gasteiger partial charge in [-0.25, -0.2) is 4.39 Å². The fourth-order valence-electron chi connectivity index (χ4n) is 2.55. The zero-order valence-electron chi connectivity index (χ0n) is 13.3. The van der Waals surface area contributed by atoms with E-state index in [2.05, 4.69) is 5.32 Å². The Balaban J connectivity index is 1.98. The fourth-order valence-corrected chi connectivity index (χ4v) is 2.55. The van der Waals surface area contributed by atoms with Crippen molar-refractivity contribution in [1.29, 1.82) is 0 Å². The molecule has 2 aromatic carbocycles. The minimum absolute atomic E-state index is 0.0684. The number of rotatable bonds is 8. The van der Waals surface area contributed by atoms with Crippen molar-refractivity contribution < 1.29 is 14.3 Å².